The van der Waals surface area contributed by atoms with Gasteiger partial charge in [0.05, 0.1) is 5.92 Å². The van der Waals surface area contributed by atoms with E-state index in [4.69, 9.17) is 4.74 Å². The molecule has 0 aromatic heterocycles. The summed E-state index contributed by atoms with van der Waals surface area (Å²) in [4.78, 5) is 40.2. The average molecular weight is 442 g/mol. The van der Waals surface area contributed by atoms with Gasteiger partial charge in [0, 0.05) is 32.6 Å². The molecule has 3 amide bonds. The highest BCUT2D eigenvalue weighted by atomic mass is 16.6. The van der Waals surface area contributed by atoms with Gasteiger partial charge in [-0.3, -0.25) is 19.8 Å². The van der Waals surface area contributed by atoms with Gasteiger partial charge in [-0.1, -0.05) is 18.2 Å². The van der Waals surface area contributed by atoms with Crippen LogP contribution in [-0.4, -0.2) is 52.9 Å². The molecule has 7 nitrogen and oxygen atoms in total. The number of nitrogens with one attached hydrogen (secondary N) is 1. The van der Waals surface area contributed by atoms with Crippen molar-refractivity contribution in [2.75, 3.05) is 19.6 Å². The molecule has 0 spiro atoms. The lowest BCUT2D eigenvalue weighted by atomic mass is 9.89. The lowest BCUT2D eigenvalue weighted by Gasteiger charge is -2.34. The molecule has 32 heavy (non-hydrogen) atoms. The zero-order valence-corrected chi connectivity index (χ0v) is 19.5. The smallest absolute Gasteiger partial charge is 0.410 e. The van der Waals surface area contributed by atoms with Crippen LogP contribution in [0.2, 0.25) is 0 Å². The van der Waals surface area contributed by atoms with Crippen LogP contribution in [-0.2, 0) is 27.4 Å². The molecule has 2 fully saturated rings. The van der Waals surface area contributed by atoms with Gasteiger partial charge in [-0.05, 0) is 75.6 Å². The second kappa shape index (κ2) is 9.22. The number of likely N-dealkylation sites (tertiary alicyclic amines) is 1. The largest absolute Gasteiger partial charge is 0.444 e. The number of hydrogen-bond donors (Lipinski definition) is 1. The molecule has 0 saturated carbocycles. The summed E-state index contributed by atoms with van der Waals surface area (Å²) in [6, 6.07) is 6.36. The summed E-state index contributed by atoms with van der Waals surface area (Å²) in [5.74, 6) is 0.0722. The van der Waals surface area contributed by atoms with Gasteiger partial charge in [0.15, 0.2) is 0 Å². The van der Waals surface area contributed by atoms with Crippen LogP contribution in [0.15, 0.2) is 18.2 Å². The van der Waals surface area contributed by atoms with Crippen molar-refractivity contribution in [1.82, 2.24) is 15.1 Å². The summed E-state index contributed by atoms with van der Waals surface area (Å²) < 4.78 is 5.49. The fraction of sp³-hybridized carbons (Fsp3) is 0.640. The number of carbonyl (C=O) groups is 3. The zero-order valence-electron chi connectivity index (χ0n) is 19.5. The summed E-state index contributed by atoms with van der Waals surface area (Å²) in [6.07, 6.45) is 4.00. The van der Waals surface area contributed by atoms with Gasteiger partial charge in [-0.2, -0.15) is 0 Å². The fourth-order valence-corrected chi connectivity index (χ4v) is 4.97. The van der Waals surface area contributed by atoms with Crippen molar-refractivity contribution < 1.29 is 19.1 Å². The maximum absolute atomic E-state index is 12.2. The molecule has 0 radical (unpaired) electrons. The highest BCUT2D eigenvalue weighted by Gasteiger charge is 2.30. The van der Waals surface area contributed by atoms with Crippen LogP contribution in [0.4, 0.5) is 4.79 Å². The second-order valence-corrected chi connectivity index (χ2v) is 10.4. The monoisotopic (exact) mass is 441 g/mol. The van der Waals surface area contributed by atoms with E-state index < -0.39 is 5.60 Å². The number of benzene rings is 1. The van der Waals surface area contributed by atoms with E-state index in [1.807, 2.05) is 25.7 Å². The first kappa shape index (κ1) is 22.8. The van der Waals surface area contributed by atoms with Crippen molar-refractivity contribution >= 4 is 17.9 Å². The minimum Gasteiger partial charge on any atom is -0.444 e. The number of imide groups is 1. The number of ether oxygens (including phenoxy) is 1. The highest BCUT2D eigenvalue weighted by molar-refractivity contribution is 6.00. The molecule has 1 N–H and O–H groups in total. The van der Waals surface area contributed by atoms with Gasteiger partial charge in [-0.15, -0.1) is 0 Å². The van der Waals surface area contributed by atoms with Crippen molar-refractivity contribution in [2.45, 2.75) is 77.5 Å². The van der Waals surface area contributed by atoms with Crippen LogP contribution in [0.1, 0.15) is 75.5 Å². The summed E-state index contributed by atoms with van der Waals surface area (Å²) >= 11 is 0. The maximum atomic E-state index is 12.2. The molecule has 0 bridgehead atoms. The molecule has 2 saturated heterocycles. The number of piperidine rings is 2. The van der Waals surface area contributed by atoms with E-state index in [9.17, 15) is 14.4 Å². The summed E-state index contributed by atoms with van der Waals surface area (Å²) in [5.41, 5.74) is 3.20. The van der Waals surface area contributed by atoms with Gasteiger partial charge < -0.3 is 9.64 Å². The van der Waals surface area contributed by atoms with Crippen molar-refractivity contribution in [3.63, 3.8) is 0 Å². The van der Waals surface area contributed by atoms with Gasteiger partial charge in [0.2, 0.25) is 11.8 Å². The Hall–Kier alpha value is -2.41. The highest BCUT2D eigenvalue weighted by Crippen LogP contribution is 2.31. The number of hydrogen-bond acceptors (Lipinski definition) is 5. The molecule has 4 rings (SSSR count). The van der Waals surface area contributed by atoms with E-state index in [0.717, 1.165) is 57.5 Å². The van der Waals surface area contributed by atoms with Crippen LogP contribution in [0, 0.1) is 5.92 Å². The Labute approximate surface area is 190 Å². The summed E-state index contributed by atoms with van der Waals surface area (Å²) in [7, 11) is 0. The average Bonchev–Trinajstić information content (AvgIpc) is 3.13. The fourth-order valence-electron chi connectivity index (χ4n) is 4.97. The van der Waals surface area contributed by atoms with E-state index >= 15 is 0 Å². The first-order valence-corrected chi connectivity index (χ1v) is 11.8. The van der Waals surface area contributed by atoms with E-state index in [2.05, 4.69) is 28.4 Å². The molecule has 0 aliphatic carbocycles. The molecule has 3 aliphatic rings. The van der Waals surface area contributed by atoms with Gasteiger partial charge in [-0.25, -0.2) is 4.79 Å². The first-order valence-electron chi connectivity index (χ1n) is 11.8. The molecule has 1 aromatic rings. The predicted octanol–water partition coefficient (Wildman–Crippen LogP) is 3.56. The number of nitrogens with zero attached hydrogens (tertiary/aromatic N) is 2. The topological polar surface area (TPSA) is 79.0 Å². The van der Waals surface area contributed by atoms with Crippen molar-refractivity contribution in [1.29, 1.82) is 0 Å². The molecule has 3 heterocycles. The Balaban J connectivity index is 1.24. The van der Waals surface area contributed by atoms with Gasteiger partial charge >= 0.3 is 6.09 Å². The first-order chi connectivity index (χ1) is 15.2. The number of amides is 3. The molecule has 3 aliphatic heterocycles. The van der Waals surface area contributed by atoms with Crippen LogP contribution in [0.25, 0.3) is 0 Å². The van der Waals surface area contributed by atoms with Gasteiger partial charge in [0.1, 0.15) is 5.60 Å². The normalized spacial score (nSPS) is 22.6. The number of carbonyl (C=O) groups excluding carboxylic acids is 3. The Morgan fingerprint density at radius 2 is 1.81 bits per heavy atom. The minimum atomic E-state index is -0.448. The molecule has 7 heteroatoms. The minimum absolute atomic E-state index is 0.171. The lowest BCUT2D eigenvalue weighted by Crippen LogP contribution is -2.42. The summed E-state index contributed by atoms with van der Waals surface area (Å²) in [6.45, 7) is 10.2. The molecule has 1 unspecified atom stereocenters. The van der Waals surface area contributed by atoms with Crippen LogP contribution in [0.5, 0.6) is 0 Å². The van der Waals surface area contributed by atoms with Crippen LogP contribution >= 0.6 is 0 Å². The molecular weight excluding hydrogens is 406 g/mol. The zero-order chi connectivity index (χ0) is 22.9. The predicted molar refractivity (Wildman–Crippen MR) is 121 cm³/mol. The molecule has 1 atom stereocenters. The van der Waals surface area contributed by atoms with E-state index in [0.29, 0.717) is 18.8 Å². The third kappa shape index (κ3) is 5.49. The Morgan fingerprint density at radius 1 is 1.09 bits per heavy atom. The summed E-state index contributed by atoms with van der Waals surface area (Å²) in [5, 5.41) is 2.46. The molecular formula is C25H35N3O4. The quantitative estimate of drug-likeness (QED) is 0.723. The SMILES string of the molecule is CC(C)(C)OC(=O)N1CCC(CCN2Cc3ccc(C4CCC(=O)NC4=O)cc3C2)CC1. The Kier molecular flexibility index (Phi) is 6.56. The van der Waals surface area contributed by atoms with Crippen LogP contribution < -0.4 is 5.32 Å². The lowest BCUT2D eigenvalue weighted by molar-refractivity contribution is -0.134. The standard InChI is InChI=1S/C25H35N3O4/c1-25(2,3)32-24(31)28-12-9-17(10-13-28)8-11-27-15-19-5-4-18(14-20(19)16-27)21-6-7-22(29)26-23(21)30/h4-5,14,17,21H,6-13,15-16H2,1-3H3,(H,26,29,30). The number of rotatable bonds is 4. The van der Waals surface area contributed by atoms with Crippen LogP contribution in [0.3, 0.4) is 0 Å². The van der Waals surface area contributed by atoms with E-state index in [-0.39, 0.29) is 23.8 Å². The van der Waals surface area contributed by atoms with Crippen molar-refractivity contribution in [2.24, 2.45) is 5.92 Å². The van der Waals surface area contributed by atoms with E-state index in [1.54, 1.807) is 0 Å². The Bertz CT molecular complexity index is 884. The maximum Gasteiger partial charge on any atom is 0.410 e. The van der Waals surface area contributed by atoms with E-state index in [1.165, 1.54) is 11.1 Å². The third-order valence-electron chi connectivity index (χ3n) is 6.78. The van der Waals surface area contributed by atoms with Crippen molar-refractivity contribution in [3.8, 4) is 0 Å². The molecule has 174 valence electrons. The molecule has 1 aromatic carbocycles. The Morgan fingerprint density at radius 3 is 2.50 bits per heavy atom. The number of fused-ring (bicyclic) bond motifs is 1. The second-order valence-electron chi connectivity index (χ2n) is 10.4. The van der Waals surface area contributed by atoms with Gasteiger partial charge in [0.25, 0.3) is 0 Å². The third-order valence-corrected chi connectivity index (χ3v) is 6.78. The van der Waals surface area contributed by atoms with Crippen molar-refractivity contribution in [3.05, 3.63) is 34.9 Å².